The molecule has 22 heavy (non-hydrogen) atoms. The molecular formula is C16H17ClFNO2S. The molecule has 2 aromatic rings. The van der Waals surface area contributed by atoms with E-state index in [0.717, 1.165) is 17.7 Å². The van der Waals surface area contributed by atoms with Crippen LogP contribution in [0.5, 0.6) is 0 Å². The molecule has 0 fully saturated rings. The van der Waals surface area contributed by atoms with Crippen LogP contribution in [0.1, 0.15) is 19.4 Å². The maximum absolute atomic E-state index is 12.9. The van der Waals surface area contributed by atoms with Gasteiger partial charge in [-0.3, -0.25) is 0 Å². The highest BCUT2D eigenvalue weighted by Gasteiger charge is 2.24. The molecule has 0 amide bonds. The molecule has 3 nitrogen and oxygen atoms in total. The predicted octanol–water partition coefficient (Wildman–Crippen LogP) is 3.74. The summed E-state index contributed by atoms with van der Waals surface area (Å²) in [4.78, 5) is 0.0424. The van der Waals surface area contributed by atoms with Gasteiger partial charge in [0.2, 0.25) is 10.0 Å². The molecule has 1 N–H and O–H groups in total. The number of rotatable bonds is 5. The minimum atomic E-state index is -3.67. The Balaban J connectivity index is 2.13. The van der Waals surface area contributed by atoms with Crippen molar-refractivity contribution in [2.45, 2.75) is 24.2 Å². The van der Waals surface area contributed by atoms with E-state index in [2.05, 4.69) is 4.72 Å². The van der Waals surface area contributed by atoms with Crippen LogP contribution in [0.2, 0.25) is 5.02 Å². The first-order valence-electron chi connectivity index (χ1n) is 6.72. The average molecular weight is 342 g/mol. The number of hydrogen-bond acceptors (Lipinski definition) is 2. The molecule has 2 aromatic carbocycles. The van der Waals surface area contributed by atoms with Crippen LogP contribution in [0, 0.1) is 5.82 Å². The Bertz CT molecular complexity index is 741. The largest absolute Gasteiger partial charge is 0.240 e. The molecule has 2 rings (SSSR count). The molecule has 0 aliphatic heterocycles. The van der Waals surface area contributed by atoms with Crippen LogP contribution in [0.3, 0.4) is 0 Å². The molecule has 0 bridgehead atoms. The molecule has 0 radical (unpaired) electrons. The second kappa shape index (κ2) is 6.36. The van der Waals surface area contributed by atoms with E-state index >= 15 is 0 Å². The van der Waals surface area contributed by atoms with Crippen molar-refractivity contribution < 1.29 is 12.8 Å². The zero-order valence-electron chi connectivity index (χ0n) is 12.3. The second-order valence-electron chi connectivity index (χ2n) is 5.67. The lowest BCUT2D eigenvalue weighted by atomic mass is 9.85. The number of nitrogens with one attached hydrogen (secondary N) is 1. The fourth-order valence-corrected chi connectivity index (χ4v) is 3.31. The number of hydrogen-bond donors (Lipinski definition) is 1. The van der Waals surface area contributed by atoms with Gasteiger partial charge in [0.25, 0.3) is 0 Å². The summed E-state index contributed by atoms with van der Waals surface area (Å²) >= 11 is 5.86. The van der Waals surface area contributed by atoms with E-state index < -0.39 is 21.3 Å². The van der Waals surface area contributed by atoms with Crippen molar-refractivity contribution in [1.29, 1.82) is 0 Å². The lowest BCUT2D eigenvalue weighted by molar-refractivity contribution is 0.501. The first-order chi connectivity index (χ1) is 10.2. The van der Waals surface area contributed by atoms with Crippen LogP contribution >= 0.6 is 11.6 Å². The molecule has 0 spiro atoms. The fourth-order valence-electron chi connectivity index (χ4n) is 1.98. The van der Waals surface area contributed by atoms with Gasteiger partial charge in [0, 0.05) is 17.0 Å². The van der Waals surface area contributed by atoms with Crippen molar-refractivity contribution in [3.05, 3.63) is 64.9 Å². The van der Waals surface area contributed by atoms with Gasteiger partial charge in [-0.1, -0.05) is 37.6 Å². The Kier molecular flexibility index (Phi) is 4.90. The van der Waals surface area contributed by atoms with Gasteiger partial charge in [-0.25, -0.2) is 17.5 Å². The maximum atomic E-state index is 12.9. The summed E-state index contributed by atoms with van der Waals surface area (Å²) in [5, 5.41) is 0.631. The van der Waals surface area contributed by atoms with E-state index in [9.17, 15) is 12.8 Å². The number of benzene rings is 2. The predicted molar refractivity (Wildman–Crippen MR) is 86.1 cm³/mol. The third kappa shape index (κ3) is 4.06. The van der Waals surface area contributed by atoms with E-state index in [4.69, 9.17) is 11.6 Å². The summed E-state index contributed by atoms with van der Waals surface area (Å²) in [6.45, 7) is 4.08. The van der Waals surface area contributed by atoms with E-state index in [1.807, 2.05) is 26.0 Å². The Morgan fingerprint density at radius 1 is 1.05 bits per heavy atom. The Hall–Kier alpha value is -1.43. The average Bonchev–Trinajstić information content (AvgIpc) is 2.46. The number of sulfonamides is 1. The van der Waals surface area contributed by atoms with E-state index in [1.165, 1.54) is 12.1 Å². The van der Waals surface area contributed by atoms with Crippen LogP contribution < -0.4 is 4.72 Å². The van der Waals surface area contributed by atoms with Crippen LogP contribution in [0.15, 0.2) is 53.4 Å². The normalized spacial score (nSPS) is 12.4. The standard InChI is InChI=1S/C16H17ClFNO2S/c1-16(2,12-3-5-13(17)6-4-12)11-19-22(20,21)15-9-7-14(18)8-10-15/h3-10,19H,11H2,1-2H3. The zero-order chi connectivity index (χ0) is 16.4. The van der Waals surface area contributed by atoms with Crippen molar-refractivity contribution in [2.24, 2.45) is 0 Å². The summed E-state index contributed by atoms with van der Waals surface area (Å²) in [6.07, 6.45) is 0. The molecule has 0 atom stereocenters. The summed E-state index contributed by atoms with van der Waals surface area (Å²) in [6, 6.07) is 12.0. The van der Waals surface area contributed by atoms with Gasteiger partial charge < -0.3 is 0 Å². The van der Waals surface area contributed by atoms with Gasteiger partial charge >= 0.3 is 0 Å². The molecule has 6 heteroatoms. The molecule has 0 saturated carbocycles. The fraction of sp³-hybridized carbons (Fsp3) is 0.250. The molecule has 0 heterocycles. The third-order valence-electron chi connectivity index (χ3n) is 3.45. The van der Waals surface area contributed by atoms with Crippen LogP contribution in [0.25, 0.3) is 0 Å². The van der Waals surface area contributed by atoms with Gasteiger partial charge in [0.15, 0.2) is 0 Å². The zero-order valence-corrected chi connectivity index (χ0v) is 13.9. The van der Waals surface area contributed by atoms with Crippen molar-refractivity contribution in [2.75, 3.05) is 6.54 Å². The highest BCUT2D eigenvalue weighted by atomic mass is 35.5. The third-order valence-corrected chi connectivity index (χ3v) is 5.12. The molecule has 0 aliphatic rings. The second-order valence-corrected chi connectivity index (χ2v) is 7.87. The summed E-state index contributed by atoms with van der Waals surface area (Å²) in [7, 11) is -3.67. The van der Waals surface area contributed by atoms with Crippen molar-refractivity contribution in [3.63, 3.8) is 0 Å². The van der Waals surface area contributed by atoms with E-state index in [1.54, 1.807) is 12.1 Å². The quantitative estimate of drug-likeness (QED) is 0.900. The maximum Gasteiger partial charge on any atom is 0.240 e. The summed E-state index contributed by atoms with van der Waals surface area (Å²) in [5.41, 5.74) is 0.566. The van der Waals surface area contributed by atoms with Gasteiger partial charge in [-0.05, 0) is 42.0 Å². The smallest absolute Gasteiger partial charge is 0.210 e. The summed E-state index contributed by atoms with van der Waals surface area (Å²) in [5.74, 6) is -0.472. The Morgan fingerprint density at radius 3 is 2.14 bits per heavy atom. The Morgan fingerprint density at radius 2 is 1.59 bits per heavy atom. The lowest BCUT2D eigenvalue weighted by Gasteiger charge is -2.25. The van der Waals surface area contributed by atoms with Crippen molar-refractivity contribution in [3.8, 4) is 0 Å². The van der Waals surface area contributed by atoms with Crippen LogP contribution in [-0.2, 0) is 15.4 Å². The van der Waals surface area contributed by atoms with Crippen LogP contribution in [0.4, 0.5) is 4.39 Å². The lowest BCUT2D eigenvalue weighted by Crippen LogP contribution is -2.36. The first-order valence-corrected chi connectivity index (χ1v) is 8.58. The monoisotopic (exact) mass is 341 g/mol. The van der Waals surface area contributed by atoms with E-state index in [0.29, 0.717) is 5.02 Å². The van der Waals surface area contributed by atoms with Gasteiger partial charge in [-0.2, -0.15) is 0 Å². The molecule has 0 unspecified atom stereocenters. The highest BCUT2D eigenvalue weighted by molar-refractivity contribution is 7.89. The topological polar surface area (TPSA) is 46.2 Å². The van der Waals surface area contributed by atoms with Gasteiger partial charge in [0.05, 0.1) is 4.90 Å². The SMILES string of the molecule is CC(C)(CNS(=O)(=O)c1ccc(F)cc1)c1ccc(Cl)cc1. The van der Waals surface area contributed by atoms with E-state index in [-0.39, 0.29) is 11.4 Å². The van der Waals surface area contributed by atoms with Crippen molar-refractivity contribution >= 4 is 21.6 Å². The van der Waals surface area contributed by atoms with Crippen molar-refractivity contribution in [1.82, 2.24) is 4.72 Å². The Labute approximate surface area is 135 Å². The molecular weight excluding hydrogens is 325 g/mol. The molecule has 0 aliphatic carbocycles. The summed E-state index contributed by atoms with van der Waals surface area (Å²) < 4.78 is 39.9. The minimum Gasteiger partial charge on any atom is -0.210 e. The minimum absolute atomic E-state index is 0.0424. The molecule has 118 valence electrons. The highest BCUT2D eigenvalue weighted by Crippen LogP contribution is 2.24. The number of halogens is 2. The van der Waals surface area contributed by atoms with Gasteiger partial charge in [0.1, 0.15) is 5.82 Å². The molecule has 0 saturated heterocycles. The molecule has 0 aromatic heterocycles. The van der Waals surface area contributed by atoms with Crippen LogP contribution in [-0.4, -0.2) is 15.0 Å². The first kappa shape index (κ1) is 16.9. The van der Waals surface area contributed by atoms with Gasteiger partial charge in [-0.15, -0.1) is 0 Å².